The molecule has 0 spiro atoms. The van der Waals surface area contributed by atoms with Crippen LogP contribution in [0.25, 0.3) is 10.9 Å². The lowest BCUT2D eigenvalue weighted by Crippen LogP contribution is -2.30. The first kappa shape index (κ1) is 20.6. The van der Waals surface area contributed by atoms with E-state index in [0.29, 0.717) is 22.0 Å². The van der Waals surface area contributed by atoms with E-state index in [0.717, 1.165) is 22.0 Å². The van der Waals surface area contributed by atoms with Crippen molar-refractivity contribution in [2.24, 2.45) is 0 Å². The number of ether oxygens (including phenoxy) is 2. The van der Waals surface area contributed by atoms with E-state index in [4.69, 9.17) is 21.1 Å². The number of amides is 1. The van der Waals surface area contributed by atoms with E-state index in [1.165, 1.54) is 7.11 Å². The molecule has 3 aromatic rings. The number of nitrogens with zero attached hydrogens (tertiary/aromatic N) is 1. The standard InChI is InChI=1S/C22H21ClN2O4/c1-13-7-8-15-9-17(21(23)25-20(15)14(13)2)12-29-19(26)11-24-22(27)16-5-4-6-18(10-16)28-3/h4-10H,11-12H2,1-3H3,(H,24,27). The predicted octanol–water partition coefficient (Wildman–Crippen LogP) is 3.99. The van der Waals surface area contributed by atoms with Crippen LogP contribution < -0.4 is 10.1 Å². The molecule has 1 N–H and O–H groups in total. The monoisotopic (exact) mass is 412 g/mol. The van der Waals surface area contributed by atoms with Gasteiger partial charge in [0.1, 0.15) is 24.1 Å². The summed E-state index contributed by atoms with van der Waals surface area (Å²) in [6.07, 6.45) is 0. The van der Waals surface area contributed by atoms with Crippen LogP contribution in [0, 0.1) is 13.8 Å². The normalized spacial score (nSPS) is 10.6. The Morgan fingerprint density at radius 1 is 1.14 bits per heavy atom. The SMILES string of the molecule is COc1cccc(C(=O)NCC(=O)OCc2cc3ccc(C)c(C)c3nc2Cl)c1. The molecule has 0 fully saturated rings. The van der Waals surface area contributed by atoms with Crippen LogP contribution in [0.5, 0.6) is 5.75 Å². The van der Waals surface area contributed by atoms with Crippen molar-refractivity contribution in [3.05, 3.63) is 69.9 Å². The van der Waals surface area contributed by atoms with Gasteiger partial charge in [-0.15, -0.1) is 0 Å². The molecule has 6 nitrogen and oxygen atoms in total. The first-order chi connectivity index (χ1) is 13.9. The number of methoxy groups -OCH3 is 1. The van der Waals surface area contributed by atoms with Crippen LogP contribution in [0.1, 0.15) is 27.0 Å². The van der Waals surface area contributed by atoms with Crippen molar-refractivity contribution >= 4 is 34.4 Å². The van der Waals surface area contributed by atoms with Gasteiger partial charge in [0, 0.05) is 16.5 Å². The van der Waals surface area contributed by atoms with Crippen molar-refractivity contribution in [3.8, 4) is 5.75 Å². The summed E-state index contributed by atoms with van der Waals surface area (Å²) in [5.41, 5.74) is 4.02. The Labute approximate surface area is 173 Å². The fourth-order valence-corrected chi connectivity index (χ4v) is 3.03. The Morgan fingerprint density at radius 2 is 1.93 bits per heavy atom. The Balaban J connectivity index is 1.60. The number of hydrogen-bond donors (Lipinski definition) is 1. The number of rotatable bonds is 6. The molecular weight excluding hydrogens is 392 g/mol. The molecule has 1 heterocycles. The highest BCUT2D eigenvalue weighted by Crippen LogP contribution is 2.25. The molecule has 0 atom stereocenters. The van der Waals surface area contributed by atoms with Gasteiger partial charge in [-0.05, 0) is 49.2 Å². The number of carbonyl (C=O) groups excluding carboxylic acids is 2. The summed E-state index contributed by atoms with van der Waals surface area (Å²) >= 11 is 6.26. The third-order valence-corrected chi connectivity index (χ3v) is 4.98. The molecule has 1 aromatic heterocycles. The Kier molecular flexibility index (Phi) is 6.34. The number of carbonyl (C=O) groups is 2. The van der Waals surface area contributed by atoms with Gasteiger partial charge in [0.25, 0.3) is 5.91 Å². The van der Waals surface area contributed by atoms with Gasteiger partial charge in [-0.25, -0.2) is 4.98 Å². The van der Waals surface area contributed by atoms with E-state index < -0.39 is 11.9 Å². The topological polar surface area (TPSA) is 77.5 Å². The predicted molar refractivity (Wildman–Crippen MR) is 111 cm³/mol. The van der Waals surface area contributed by atoms with Crippen LogP contribution in [0.3, 0.4) is 0 Å². The molecule has 1 amide bonds. The van der Waals surface area contributed by atoms with Crippen molar-refractivity contribution in [2.45, 2.75) is 20.5 Å². The highest BCUT2D eigenvalue weighted by atomic mass is 35.5. The van der Waals surface area contributed by atoms with Crippen molar-refractivity contribution in [2.75, 3.05) is 13.7 Å². The number of pyridine rings is 1. The number of nitrogens with one attached hydrogen (secondary N) is 1. The maximum atomic E-state index is 12.1. The lowest BCUT2D eigenvalue weighted by atomic mass is 10.0. The zero-order valence-electron chi connectivity index (χ0n) is 16.4. The van der Waals surface area contributed by atoms with Crippen LogP contribution in [0.2, 0.25) is 5.15 Å². The maximum absolute atomic E-state index is 12.1. The van der Waals surface area contributed by atoms with Crippen LogP contribution in [0.15, 0.2) is 42.5 Å². The van der Waals surface area contributed by atoms with E-state index in [-0.39, 0.29) is 13.2 Å². The first-order valence-corrected chi connectivity index (χ1v) is 9.40. The lowest BCUT2D eigenvalue weighted by Gasteiger charge is -2.11. The molecular formula is C22H21ClN2O4. The number of fused-ring (bicyclic) bond motifs is 1. The smallest absolute Gasteiger partial charge is 0.325 e. The average Bonchev–Trinajstić information content (AvgIpc) is 2.73. The molecule has 0 aliphatic carbocycles. The second-order valence-electron chi connectivity index (χ2n) is 6.59. The maximum Gasteiger partial charge on any atom is 0.325 e. The van der Waals surface area contributed by atoms with Gasteiger partial charge in [0.2, 0.25) is 0 Å². The minimum Gasteiger partial charge on any atom is -0.497 e. The Bertz CT molecular complexity index is 1080. The van der Waals surface area contributed by atoms with Gasteiger partial charge in [0.05, 0.1) is 12.6 Å². The number of hydrogen-bond acceptors (Lipinski definition) is 5. The molecule has 0 saturated carbocycles. The average molecular weight is 413 g/mol. The van der Waals surface area contributed by atoms with Gasteiger partial charge in [-0.1, -0.05) is 29.8 Å². The summed E-state index contributed by atoms with van der Waals surface area (Å²) in [7, 11) is 1.52. The first-order valence-electron chi connectivity index (χ1n) is 9.02. The number of esters is 1. The molecule has 29 heavy (non-hydrogen) atoms. The molecule has 0 aliphatic heterocycles. The molecule has 0 radical (unpaired) electrons. The quantitative estimate of drug-likeness (QED) is 0.489. The van der Waals surface area contributed by atoms with E-state index >= 15 is 0 Å². The highest BCUT2D eigenvalue weighted by molar-refractivity contribution is 6.30. The van der Waals surface area contributed by atoms with Crippen molar-refractivity contribution in [1.82, 2.24) is 10.3 Å². The van der Waals surface area contributed by atoms with Crippen molar-refractivity contribution < 1.29 is 19.1 Å². The molecule has 0 bridgehead atoms. The van der Waals surface area contributed by atoms with E-state index in [9.17, 15) is 9.59 Å². The molecule has 0 aliphatic rings. The molecule has 7 heteroatoms. The minimum atomic E-state index is -0.572. The zero-order valence-corrected chi connectivity index (χ0v) is 17.2. The number of aromatic nitrogens is 1. The summed E-state index contributed by atoms with van der Waals surface area (Å²) in [6.45, 7) is 3.72. The lowest BCUT2D eigenvalue weighted by molar-refractivity contribution is -0.143. The minimum absolute atomic E-state index is 0.0252. The zero-order chi connectivity index (χ0) is 21.0. The van der Waals surface area contributed by atoms with E-state index in [2.05, 4.69) is 10.3 Å². The van der Waals surface area contributed by atoms with Crippen LogP contribution in [-0.4, -0.2) is 30.5 Å². The second kappa shape index (κ2) is 8.92. The fraction of sp³-hybridized carbons (Fsp3) is 0.227. The number of aryl methyl sites for hydroxylation is 2. The van der Waals surface area contributed by atoms with E-state index in [1.54, 1.807) is 24.3 Å². The van der Waals surface area contributed by atoms with Crippen LogP contribution in [-0.2, 0) is 16.1 Å². The number of benzene rings is 2. The molecule has 3 rings (SSSR count). The molecule has 2 aromatic carbocycles. The molecule has 0 unspecified atom stereocenters. The van der Waals surface area contributed by atoms with Crippen LogP contribution in [0.4, 0.5) is 0 Å². The van der Waals surface area contributed by atoms with Gasteiger partial charge < -0.3 is 14.8 Å². The summed E-state index contributed by atoms with van der Waals surface area (Å²) < 4.78 is 10.3. The third-order valence-electron chi connectivity index (χ3n) is 4.65. The third kappa shape index (κ3) is 4.84. The Hall–Kier alpha value is -3.12. The van der Waals surface area contributed by atoms with Gasteiger partial charge in [0.15, 0.2) is 0 Å². The Morgan fingerprint density at radius 3 is 2.69 bits per heavy atom. The van der Waals surface area contributed by atoms with Crippen molar-refractivity contribution in [3.63, 3.8) is 0 Å². The van der Waals surface area contributed by atoms with Gasteiger partial charge in [-0.2, -0.15) is 0 Å². The van der Waals surface area contributed by atoms with Crippen LogP contribution >= 0.6 is 11.6 Å². The second-order valence-corrected chi connectivity index (χ2v) is 6.95. The summed E-state index contributed by atoms with van der Waals surface area (Å²) in [4.78, 5) is 28.6. The van der Waals surface area contributed by atoms with E-state index in [1.807, 2.05) is 32.0 Å². The van der Waals surface area contributed by atoms with Gasteiger partial charge >= 0.3 is 5.97 Å². The highest BCUT2D eigenvalue weighted by Gasteiger charge is 2.12. The largest absolute Gasteiger partial charge is 0.497 e. The summed E-state index contributed by atoms with van der Waals surface area (Å²) in [5, 5.41) is 3.74. The molecule has 150 valence electrons. The number of halogens is 1. The molecule has 0 saturated heterocycles. The summed E-state index contributed by atoms with van der Waals surface area (Å²) in [6, 6.07) is 12.5. The van der Waals surface area contributed by atoms with Gasteiger partial charge in [-0.3, -0.25) is 9.59 Å². The summed E-state index contributed by atoms with van der Waals surface area (Å²) in [5.74, 6) is -0.404. The fourth-order valence-electron chi connectivity index (χ4n) is 2.83. The van der Waals surface area contributed by atoms with Crippen molar-refractivity contribution in [1.29, 1.82) is 0 Å².